The Kier molecular flexibility index (Phi) is 5.79. The van der Waals surface area contributed by atoms with Crippen molar-refractivity contribution in [3.05, 3.63) is 54.2 Å². The number of hydrogen-bond donors (Lipinski definition) is 3. The van der Waals surface area contributed by atoms with Crippen LogP contribution in [0, 0.1) is 0 Å². The van der Waals surface area contributed by atoms with Crippen LogP contribution in [0.5, 0.6) is 0 Å². The fourth-order valence-electron chi connectivity index (χ4n) is 3.67. The Balaban J connectivity index is 1.32. The third kappa shape index (κ3) is 4.77. The van der Waals surface area contributed by atoms with E-state index in [0.29, 0.717) is 11.6 Å². The molecule has 4 rings (SSSR count). The average Bonchev–Trinajstić information content (AvgIpc) is 3.39. The molecule has 2 unspecified atom stereocenters. The molecule has 3 aromatic heterocycles. The van der Waals surface area contributed by atoms with Crippen LogP contribution < -0.4 is 10.6 Å². The zero-order valence-electron chi connectivity index (χ0n) is 16.4. The van der Waals surface area contributed by atoms with Gasteiger partial charge >= 0.3 is 0 Å². The van der Waals surface area contributed by atoms with Crippen LogP contribution in [0.15, 0.2) is 42.9 Å². The van der Waals surface area contributed by atoms with Gasteiger partial charge in [-0.3, -0.25) is 14.9 Å². The van der Waals surface area contributed by atoms with E-state index in [9.17, 15) is 4.79 Å². The van der Waals surface area contributed by atoms with Crippen molar-refractivity contribution in [2.45, 2.75) is 51.1 Å². The Morgan fingerprint density at radius 1 is 1.17 bits per heavy atom. The molecule has 3 aromatic rings. The van der Waals surface area contributed by atoms with Gasteiger partial charge in [0.15, 0.2) is 0 Å². The zero-order chi connectivity index (χ0) is 20.1. The second-order valence-corrected chi connectivity index (χ2v) is 7.35. The lowest BCUT2D eigenvalue weighted by Crippen LogP contribution is -2.34. The number of amides is 1. The van der Waals surface area contributed by atoms with E-state index < -0.39 is 0 Å². The summed E-state index contributed by atoms with van der Waals surface area (Å²) in [5.41, 5.74) is 3.31. The zero-order valence-corrected chi connectivity index (χ0v) is 16.4. The number of H-pyrrole nitrogens is 1. The molecule has 3 N–H and O–H groups in total. The highest BCUT2D eigenvalue weighted by Gasteiger charge is 2.27. The summed E-state index contributed by atoms with van der Waals surface area (Å²) in [5, 5.41) is 13.6. The van der Waals surface area contributed by atoms with Gasteiger partial charge in [0.25, 0.3) is 5.91 Å². The molecular weight excluding hydrogens is 366 g/mol. The van der Waals surface area contributed by atoms with E-state index in [-0.39, 0.29) is 18.0 Å². The molecular formula is C21H25N7O. The fourth-order valence-corrected chi connectivity index (χ4v) is 3.67. The predicted octanol–water partition coefficient (Wildman–Crippen LogP) is 2.98. The summed E-state index contributed by atoms with van der Waals surface area (Å²) >= 11 is 0. The molecule has 0 radical (unpaired) electrons. The molecule has 2 atom stereocenters. The molecule has 0 bridgehead atoms. The van der Waals surface area contributed by atoms with Gasteiger partial charge in [-0.25, -0.2) is 9.97 Å². The van der Waals surface area contributed by atoms with E-state index in [0.717, 1.165) is 49.1 Å². The third-order valence-corrected chi connectivity index (χ3v) is 5.12. The summed E-state index contributed by atoms with van der Waals surface area (Å²) in [6.07, 6.45) is 9.87. The van der Waals surface area contributed by atoms with E-state index in [1.165, 1.54) is 0 Å². The van der Waals surface area contributed by atoms with Crippen molar-refractivity contribution in [2.75, 3.05) is 5.32 Å². The molecule has 1 aliphatic carbocycles. The van der Waals surface area contributed by atoms with Crippen LogP contribution in [0.4, 0.5) is 5.95 Å². The van der Waals surface area contributed by atoms with Crippen molar-refractivity contribution in [3.8, 4) is 11.3 Å². The number of aromatic amines is 1. The molecule has 29 heavy (non-hydrogen) atoms. The van der Waals surface area contributed by atoms with Gasteiger partial charge in [0.1, 0.15) is 5.69 Å². The van der Waals surface area contributed by atoms with Gasteiger partial charge in [0.2, 0.25) is 5.95 Å². The van der Waals surface area contributed by atoms with Gasteiger partial charge in [-0.2, -0.15) is 5.10 Å². The molecule has 0 saturated heterocycles. The van der Waals surface area contributed by atoms with Crippen molar-refractivity contribution >= 4 is 11.9 Å². The quantitative estimate of drug-likeness (QED) is 0.571. The number of rotatable bonds is 7. The van der Waals surface area contributed by atoms with Crippen LogP contribution in [0.2, 0.25) is 0 Å². The Morgan fingerprint density at radius 3 is 2.83 bits per heavy atom. The van der Waals surface area contributed by atoms with E-state index in [2.05, 4.69) is 42.7 Å². The van der Waals surface area contributed by atoms with Crippen molar-refractivity contribution in [1.82, 2.24) is 30.5 Å². The molecule has 8 nitrogen and oxygen atoms in total. The first-order valence-corrected chi connectivity index (χ1v) is 10.1. The molecule has 0 aromatic carbocycles. The van der Waals surface area contributed by atoms with Crippen LogP contribution in [-0.4, -0.2) is 43.1 Å². The van der Waals surface area contributed by atoms with Crippen molar-refractivity contribution in [2.24, 2.45) is 0 Å². The number of carbonyl (C=O) groups excluding carboxylic acids is 1. The Morgan fingerprint density at radius 2 is 2.00 bits per heavy atom. The number of nitrogens with one attached hydrogen (secondary N) is 3. The third-order valence-electron chi connectivity index (χ3n) is 5.12. The van der Waals surface area contributed by atoms with E-state index in [4.69, 9.17) is 0 Å². The van der Waals surface area contributed by atoms with E-state index in [1.807, 2.05) is 24.3 Å². The molecule has 1 fully saturated rings. The predicted molar refractivity (Wildman–Crippen MR) is 110 cm³/mol. The lowest BCUT2D eigenvalue weighted by Gasteiger charge is -2.14. The highest BCUT2D eigenvalue weighted by Crippen LogP contribution is 2.23. The molecule has 8 heteroatoms. The number of carbonyl (C=O) groups is 1. The molecule has 1 aliphatic rings. The maximum Gasteiger partial charge on any atom is 0.271 e. The van der Waals surface area contributed by atoms with Crippen molar-refractivity contribution in [3.63, 3.8) is 0 Å². The minimum absolute atomic E-state index is 0.120. The maximum atomic E-state index is 12.4. The number of aryl methyl sites for hydroxylation is 1. The topological polar surface area (TPSA) is 108 Å². The fraction of sp³-hybridized carbons (Fsp3) is 0.381. The molecule has 0 spiro atoms. The summed E-state index contributed by atoms with van der Waals surface area (Å²) in [5.74, 6) is 0.484. The number of aromatic nitrogens is 5. The van der Waals surface area contributed by atoms with Crippen molar-refractivity contribution in [1.29, 1.82) is 0 Å². The van der Waals surface area contributed by atoms with Crippen LogP contribution in [-0.2, 0) is 6.42 Å². The van der Waals surface area contributed by atoms with Gasteiger partial charge in [-0.1, -0.05) is 13.3 Å². The number of hydrogen-bond acceptors (Lipinski definition) is 6. The number of anilines is 1. The second-order valence-electron chi connectivity index (χ2n) is 7.35. The smallest absolute Gasteiger partial charge is 0.271 e. The van der Waals surface area contributed by atoms with E-state index in [1.54, 1.807) is 18.6 Å². The van der Waals surface area contributed by atoms with Crippen LogP contribution in [0.3, 0.4) is 0 Å². The Bertz CT molecular complexity index is 956. The van der Waals surface area contributed by atoms with Gasteiger partial charge < -0.3 is 10.6 Å². The Labute approximate surface area is 169 Å². The maximum absolute atomic E-state index is 12.4. The summed E-state index contributed by atoms with van der Waals surface area (Å²) in [4.78, 5) is 25.4. The first-order chi connectivity index (χ1) is 14.2. The largest absolute Gasteiger partial charge is 0.351 e. The van der Waals surface area contributed by atoms with E-state index >= 15 is 0 Å². The first-order valence-electron chi connectivity index (χ1n) is 10.1. The molecule has 1 saturated carbocycles. The average molecular weight is 391 g/mol. The summed E-state index contributed by atoms with van der Waals surface area (Å²) < 4.78 is 0. The normalized spacial score (nSPS) is 18.5. The highest BCUT2D eigenvalue weighted by molar-refractivity contribution is 5.92. The standard InChI is InChI=1S/C21H25N7O/c1-2-3-17-13-19(28-27-17)20(29)24-15-4-5-16(12-15)25-21-23-11-8-18(26-21)14-6-9-22-10-7-14/h6-11,13,15-16H,2-5,12H2,1H3,(H,24,29)(H,27,28)(H,23,25,26). The minimum atomic E-state index is -0.120. The summed E-state index contributed by atoms with van der Waals surface area (Å²) in [6, 6.07) is 7.91. The molecule has 150 valence electrons. The first kappa shape index (κ1) is 19.0. The van der Waals surface area contributed by atoms with Crippen molar-refractivity contribution < 1.29 is 4.79 Å². The minimum Gasteiger partial charge on any atom is -0.351 e. The number of pyridine rings is 1. The van der Waals surface area contributed by atoms with Gasteiger partial charge in [-0.05, 0) is 49.9 Å². The Hall–Kier alpha value is -3.29. The lowest BCUT2D eigenvalue weighted by molar-refractivity contribution is 0.0932. The molecule has 0 aliphatic heterocycles. The van der Waals surface area contributed by atoms with Crippen LogP contribution in [0.1, 0.15) is 48.8 Å². The van der Waals surface area contributed by atoms with Gasteiger partial charge in [0.05, 0.1) is 5.69 Å². The molecule has 3 heterocycles. The lowest BCUT2D eigenvalue weighted by atomic mass is 10.2. The second kappa shape index (κ2) is 8.81. The van der Waals surface area contributed by atoms with Gasteiger partial charge in [0, 0.05) is 41.9 Å². The summed E-state index contributed by atoms with van der Waals surface area (Å²) in [6.45, 7) is 2.10. The summed E-state index contributed by atoms with van der Waals surface area (Å²) in [7, 11) is 0. The molecule has 1 amide bonds. The van der Waals surface area contributed by atoms with Crippen LogP contribution in [0.25, 0.3) is 11.3 Å². The highest BCUT2D eigenvalue weighted by atomic mass is 16.2. The van der Waals surface area contributed by atoms with Gasteiger partial charge in [-0.15, -0.1) is 0 Å². The van der Waals surface area contributed by atoms with Crippen LogP contribution >= 0.6 is 0 Å². The monoisotopic (exact) mass is 391 g/mol. The SMILES string of the molecule is CCCc1cc(C(=O)NC2CCC(Nc3nccc(-c4ccncc4)n3)C2)n[nH]1. The number of nitrogens with zero attached hydrogens (tertiary/aromatic N) is 4.